The maximum absolute atomic E-state index is 5.51. The van der Waals surface area contributed by atoms with Crippen LogP contribution in [0.5, 0.6) is 0 Å². The van der Waals surface area contributed by atoms with Crippen LogP contribution in [0.3, 0.4) is 0 Å². The molecule has 0 saturated heterocycles. The van der Waals surface area contributed by atoms with E-state index in [1.54, 1.807) is 0 Å². The number of hydrogen-bond acceptors (Lipinski definition) is 3. The third-order valence-electron chi connectivity index (χ3n) is 3.04. The van der Waals surface area contributed by atoms with Gasteiger partial charge in [-0.25, -0.2) is 0 Å². The first kappa shape index (κ1) is 9.96. The molecule has 0 amide bonds. The van der Waals surface area contributed by atoms with Gasteiger partial charge >= 0.3 is 0 Å². The summed E-state index contributed by atoms with van der Waals surface area (Å²) in [4.78, 5) is 0. The highest BCUT2D eigenvalue weighted by Crippen LogP contribution is 2.39. The lowest BCUT2D eigenvalue weighted by Gasteiger charge is -2.42. The zero-order chi connectivity index (χ0) is 9.03. The van der Waals surface area contributed by atoms with Gasteiger partial charge in [0.05, 0.1) is 5.60 Å². The molecule has 0 radical (unpaired) electrons. The molecule has 0 heterocycles. The Labute approximate surface area is 74.6 Å². The van der Waals surface area contributed by atoms with Crippen LogP contribution in [0.4, 0.5) is 0 Å². The zero-order valence-electron chi connectivity index (χ0n) is 8.10. The molecule has 0 aliphatic heterocycles. The van der Waals surface area contributed by atoms with Crippen molar-refractivity contribution in [2.24, 2.45) is 5.84 Å². The van der Waals surface area contributed by atoms with Crippen LogP contribution in [-0.2, 0) is 4.74 Å². The summed E-state index contributed by atoms with van der Waals surface area (Å²) in [5.41, 5.74) is 2.98. The molecule has 0 aromatic rings. The summed E-state index contributed by atoms with van der Waals surface area (Å²) in [6.07, 6.45) is 5.82. The molecule has 1 aliphatic carbocycles. The quantitative estimate of drug-likeness (QED) is 0.483. The lowest BCUT2D eigenvalue weighted by Crippen LogP contribution is -2.47. The van der Waals surface area contributed by atoms with E-state index >= 15 is 0 Å². The number of hydrazine groups is 1. The Morgan fingerprint density at radius 1 is 1.58 bits per heavy atom. The fraction of sp³-hybridized carbons (Fsp3) is 1.00. The van der Waals surface area contributed by atoms with E-state index in [1.165, 1.54) is 19.3 Å². The maximum atomic E-state index is 5.51. The van der Waals surface area contributed by atoms with Crippen molar-refractivity contribution < 1.29 is 4.74 Å². The van der Waals surface area contributed by atoms with Crippen LogP contribution < -0.4 is 11.3 Å². The van der Waals surface area contributed by atoms with E-state index in [9.17, 15) is 0 Å². The standard InChI is InChI=1S/C9H20N2O/c1-3-8(11-10)7-9(12-2)5-4-6-9/h8,11H,3-7,10H2,1-2H3. The van der Waals surface area contributed by atoms with Gasteiger partial charge in [0.2, 0.25) is 0 Å². The van der Waals surface area contributed by atoms with Gasteiger partial charge in [-0.1, -0.05) is 6.92 Å². The van der Waals surface area contributed by atoms with Crippen molar-refractivity contribution >= 4 is 0 Å². The minimum absolute atomic E-state index is 0.146. The van der Waals surface area contributed by atoms with E-state index in [0.717, 1.165) is 12.8 Å². The van der Waals surface area contributed by atoms with E-state index in [1.807, 2.05) is 7.11 Å². The van der Waals surface area contributed by atoms with Gasteiger partial charge in [0, 0.05) is 13.2 Å². The van der Waals surface area contributed by atoms with Crippen molar-refractivity contribution in [2.75, 3.05) is 7.11 Å². The van der Waals surface area contributed by atoms with Gasteiger partial charge in [-0.2, -0.15) is 0 Å². The zero-order valence-corrected chi connectivity index (χ0v) is 8.10. The molecule has 1 unspecified atom stereocenters. The molecule has 1 fully saturated rings. The Kier molecular flexibility index (Phi) is 3.50. The van der Waals surface area contributed by atoms with Gasteiger partial charge in [0.1, 0.15) is 0 Å². The molecule has 0 spiro atoms. The third kappa shape index (κ3) is 1.97. The van der Waals surface area contributed by atoms with E-state index in [-0.39, 0.29) is 5.60 Å². The van der Waals surface area contributed by atoms with Crippen LogP contribution in [0.2, 0.25) is 0 Å². The van der Waals surface area contributed by atoms with E-state index < -0.39 is 0 Å². The average molecular weight is 172 g/mol. The molecule has 12 heavy (non-hydrogen) atoms. The van der Waals surface area contributed by atoms with Crippen molar-refractivity contribution in [2.45, 2.75) is 50.7 Å². The molecule has 1 atom stereocenters. The lowest BCUT2D eigenvalue weighted by atomic mass is 9.75. The largest absolute Gasteiger partial charge is 0.378 e. The van der Waals surface area contributed by atoms with E-state index in [2.05, 4.69) is 12.3 Å². The Morgan fingerprint density at radius 2 is 2.25 bits per heavy atom. The minimum Gasteiger partial charge on any atom is -0.378 e. The SMILES string of the molecule is CCC(CC1(OC)CCC1)NN. The van der Waals surface area contributed by atoms with Crippen LogP contribution in [0.25, 0.3) is 0 Å². The molecule has 72 valence electrons. The van der Waals surface area contributed by atoms with Crippen molar-refractivity contribution in [3.8, 4) is 0 Å². The number of hydrogen-bond donors (Lipinski definition) is 2. The second-order valence-electron chi connectivity index (χ2n) is 3.72. The lowest BCUT2D eigenvalue weighted by molar-refractivity contribution is -0.0836. The first-order chi connectivity index (χ1) is 5.76. The summed E-state index contributed by atoms with van der Waals surface area (Å²) in [6, 6.07) is 0.408. The van der Waals surface area contributed by atoms with E-state index in [4.69, 9.17) is 10.6 Å². The molecule has 1 saturated carbocycles. The van der Waals surface area contributed by atoms with Gasteiger partial charge in [0.15, 0.2) is 0 Å². The molecule has 0 aromatic heterocycles. The van der Waals surface area contributed by atoms with Gasteiger partial charge in [-0.05, 0) is 32.1 Å². The van der Waals surface area contributed by atoms with Gasteiger partial charge in [-0.3, -0.25) is 11.3 Å². The minimum atomic E-state index is 0.146. The van der Waals surface area contributed by atoms with Crippen molar-refractivity contribution in [3.63, 3.8) is 0 Å². The molecule has 0 aromatic carbocycles. The summed E-state index contributed by atoms with van der Waals surface area (Å²) < 4.78 is 5.51. The maximum Gasteiger partial charge on any atom is 0.0694 e. The number of nitrogens with one attached hydrogen (secondary N) is 1. The molecule has 3 N–H and O–H groups in total. The summed E-state index contributed by atoms with van der Waals surface area (Å²) in [5.74, 6) is 5.42. The van der Waals surface area contributed by atoms with Crippen LogP contribution in [0.15, 0.2) is 0 Å². The number of nitrogens with two attached hydrogens (primary N) is 1. The predicted molar refractivity (Wildman–Crippen MR) is 49.6 cm³/mol. The molecule has 1 rings (SSSR count). The summed E-state index contributed by atoms with van der Waals surface area (Å²) in [6.45, 7) is 2.15. The highest BCUT2D eigenvalue weighted by atomic mass is 16.5. The second kappa shape index (κ2) is 4.21. The van der Waals surface area contributed by atoms with Crippen molar-refractivity contribution in [1.82, 2.24) is 5.43 Å². The fourth-order valence-electron chi connectivity index (χ4n) is 1.83. The Morgan fingerprint density at radius 3 is 2.50 bits per heavy atom. The van der Waals surface area contributed by atoms with Crippen LogP contribution >= 0.6 is 0 Å². The highest BCUT2D eigenvalue weighted by molar-refractivity contribution is 4.92. The Balaban J connectivity index is 2.35. The molecular formula is C9H20N2O. The number of rotatable bonds is 5. The summed E-state index contributed by atoms with van der Waals surface area (Å²) >= 11 is 0. The first-order valence-electron chi connectivity index (χ1n) is 4.77. The van der Waals surface area contributed by atoms with E-state index in [0.29, 0.717) is 6.04 Å². The van der Waals surface area contributed by atoms with Crippen LogP contribution in [0.1, 0.15) is 39.0 Å². The number of ether oxygens (including phenoxy) is 1. The summed E-state index contributed by atoms with van der Waals surface area (Å²) in [7, 11) is 1.81. The second-order valence-corrected chi connectivity index (χ2v) is 3.72. The van der Waals surface area contributed by atoms with Crippen LogP contribution in [-0.4, -0.2) is 18.8 Å². The first-order valence-corrected chi connectivity index (χ1v) is 4.77. The molecular weight excluding hydrogens is 152 g/mol. The monoisotopic (exact) mass is 172 g/mol. The third-order valence-corrected chi connectivity index (χ3v) is 3.04. The average Bonchev–Trinajstić information content (AvgIpc) is 2.05. The highest BCUT2D eigenvalue weighted by Gasteiger charge is 2.38. The smallest absolute Gasteiger partial charge is 0.0694 e. The molecule has 3 heteroatoms. The normalized spacial score (nSPS) is 23.2. The molecule has 3 nitrogen and oxygen atoms in total. The molecule has 1 aliphatic rings. The van der Waals surface area contributed by atoms with Gasteiger partial charge in [0.25, 0.3) is 0 Å². The van der Waals surface area contributed by atoms with Crippen molar-refractivity contribution in [3.05, 3.63) is 0 Å². The predicted octanol–water partition coefficient (Wildman–Crippen LogP) is 1.19. The Hall–Kier alpha value is -0.120. The topological polar surface area (TPSA) is 47.3 Å². The van der Waals surface area contributed by atoms with Crippen molar-refractivity contribution in [1.29, 1.82) is 0 Å². The Bertz CT molecular complexity index is 125. The van der Waals surface area contributed by atoms with Gasteiger partial charge < -0.3 is 4.74 Å². The fourth-order valence-corrected chi connectivity index (χ4v) is 1.83. The number of methoxy groups -OCH3 is 1. The van der Waals surface area contributed by atoms with Crippen LogP contribution in [0, 0.1) is 0 Å². The molecule has 0 bridgehead atoms. The van der Waals surface area contributed by atoms with Gasteiger partial charge in [-0.15, -0.1) is 0 Å². The summed E-state index contributed by atoms with van der Waals surface area (Å²) in [5, 5.41) is 0.